The van der Waals surface area contributed by atoms with Crippen molar-refractivity contribution in [1.29, 1.82) is 0 Å². The number of anilines is 2. The number of rotatable bonds is 3. The van der Waals surface area contributed by atoms with Gasteiger partial charge in [0.05, 0.1) is 4.92 Å². The summed E-state index contributed by atoms with van der Waals surface area (Å²) >= 11 is 5.02. The van der Waals surface area contributed by atoms with Gasteiger partial charge in [0.25, 0.3) is 5.69 Å². The molecule has 2 aromatic rings. The fourth-order valence-corrected chi connectivity index (χ4v) is 1.48. The van der Waals surface area contributed by atoms with Gasteiger partial charge in [-0.05, 0) is 18.3 Å². The van der Waals surface area contributed by atoms with E-state index in [0.29, 0.717) is 11.5 Å². The van der Waals surface area contributed by atoms with Crippen molar-refractivity contribution in [2.75, 3.05) is 10.6 Å². The lowest BCUT2D eigenvalue weighted by Crippen LogP contribution is -2.19. The minimum atomic E-state index is -0.473. The van der Waals surface area contributed by atoms with Gasteiger partial charge >= 0.3 is 0 Å². The van der Waals surface area contributed by atoms with Crippen LogP contribution in [0.5, 0.6) is 0 Å². The van der Waals surface area contributed by atoms with Crippen molar-refractivity contribution >= 4 is 34.5 Å². The van der Waals surface area contributed by atoms with Gasteiger partial charge in [0.2, 0.25) is 0 Å². The van der Waals surface area contributed by atoms with Crippen LogP contribution in [0, 0.1) is 10.1 Å². The molecular weight excluding hydrogens is 256 g/mol. The molecule has 0 unspecified atom stereocenters. The van der Waals surface area contributed by atoms with Gasteiger partial charge in [-0.15, -0.1) is 0 Å². The van der Waals surface area contributed by atoms with E-state index in [0.717, 1.165) is 0 Å². The summed E-state index contributed by atoms with van der Waals surface area (Å²) < 4.78 is 4.63. The van der Waals surface area contributed by atoms with Crippen LogP contribution in [0.25, 0.3) is 0 Å². The van der Waals surface area contributed by atoms with Gasteiger partial charge in [-0.1, -0.05) is 11.2 Å². The van der Waals surface area contributed by atoms with Crippen LogP contribution in [-0.4, -0.2) is 15.2 Å². The molecular formula is C10H8N4O3S. The first-order valence-electron chi connectivity index (χ1n) is 4.88. The van der Waals surface area contributed by atoms with Crippen molar-refractivity contribution < 1.29 is 9.45 Å². The van der Waals surface area contributed by atoms with Crippen LogP contribution in [0.2, 0.25) is 0 Å². The molecule has 7 nitrogen and oxygen atoms in total. The van der Waals surface area contributed by atoms with E-state index >= 15 is 0 Å². The number of hydrogen-bond donors (Lipinski definition) is 2. The number of non-ortho nitro benzene ring substituents is 1. The standard InChI is InChI=1S/C10H8N4O3S/c15-14(16)8-3-1-2-7(6-8)11-10(18)12-9-4-5-17-13-9/h1-6H,(H2,11,12,13,18). The molecule has 0 aliphatic carbocycles. The molecule has 92 valence electrons. The lowest BCUT2D eigenvalue weighted by Gasteiger charge is -2.07. The van der Waals surface area contributed by atoms with Crippen LogP contribution < -0.4 is 10.6 Å². The third-order valence-electron chi connectivity index (χ3n) is 1.99. The lowest BCUT2D eigenvalue weighted by molar-refractivity contribution is -0.384. The minimum Gasteiger partial charge on any atom is -0.363 e. The summed E-state index contributed by atoms with van der Waals surface area (Å²) in [6.45, 7) is 0. The molecule has 0 spiro atoms. The number of aromatic nitrogens is 1. The van der Waals surface area contributed by atoms with Crippen molar-refractivity contribution in [3.63, 3.8) is 0 Å². The number of nitrogens with zero attached hydrogens (tertiary/aromatic N) is 2. The van der Waals surface area contributed by atoms with E-state index in [9.17, 15) is 10.1 Å². The second kappa shape index (κ2) is 5.23. The Balaban J connectivity index is 2.03. The number of hydrogen-bond acceptors (Lipinski definition) is 5. The van der Waals surface area contributed by atoms with Crippen LogP contribution >= 0.6 is 12.2 Å². The Morgan fingerprint density at radius 3 is 2.89 bits per heavy atom. The highest BCUT2D eigenvalue weighted by Gasteiger charge is 2.07. The molecule has 1 heterocycles. The van der Waals surface area contributed by atoms with E-state index in [4.69, 9.17) is 12.2 Å². The molecule has 0 bridgehead atoms. The smallest absolute Gasteiger partial charge is 0.271 e. The molecule has 1 aromatic heterocycles. The van der Waals surface area contributed by atoms with E-state index in [1.165, 1.54) is 18.4 Å². The Bertz CT molecular complexity index is 570. The van der Waals surface area contributed by atoms with Crippen LogP contribution in [0.4, 0.5) is 17.2 Å². The van der Waals surface area contributed by atoms with Crippen LogP contribution in [0.15, 0.2) is 41.1 Å². The number of nitro groups is 1. The Hall–Kier alpha value is -2.48. The summed E-state index contributed by atoms with van der Waals surface area (Å²) in [4.78, 5) is 10.1. The second-order valence-corrected chi connectivity index (χ2v) is 3.68. The second-order valence-electron chi connectivity index (χ2n) is 3.27. The third kappa shape index (κ3) is 3.01. The maximum atomic E-state index is 10.6. The lowest BCUT2D eigenvalue weighted by atomic mass is 10.3. The molecule has 2 N–H and O–H groups in total. The van der Waals surface area contributed by atoms with Gasteiger partial charge in [0, 0.05) is 23.9 Å². The van der Waals surface area contributed by atoms with Crippen molar-refractivity contribution in [2.45, 2.75) is 0 Å². The predicted octanol–water partition coefficient (Wildman–Crippen LogP) is 2.39. The molecule has 8 heteroatoms. The summed E-state index contributed by atoms with van der Waals surface area (Å²) in [6.07, 6.45) is 1.40. The molecule has 0 saturated carbocycles. The van der Waals surface area contributed by atoms with E-state index in [2.05, 4.69) is 20.3 Å². The summed E-state index contributed by atoms with van der Waals surface area (Å²) in [5, 5.41) is 20.1. The average Bonchev–Trinajstić information content (AvgIpc) is 2.82. The van der Waals surface area contributed by atoms with Crippen molar-refractivity contribution in [2.24, 2.45) is 0 Å². The minimum absolute atomic E-state index is 0.00997. The van der Waals surface area contributed by atoms with Crippen LogP contribution in [-0.2, 0) is 0 Å². The Labute approximate surface area is 107 Å². The van der Waals surface area contributed by atoms with E-state index in [1.54, 1.807) is 18.2 Å². The molecule has 0 aliphatic heterocycles. The van der Waals surface area contributed by atoms with Gasteiger partial charge < -0.3 is 15.2 Å². The SMILES string of the molecule is O=[N+]([O-])c1cccc(NC(=S)Nc2ccon2)c1. The van der Waals surface area contributed by atoms with Gasteiger partial charge in [0.15, 0.2) is 10.9 Å². The van der Waals surface area contributed by atoms with Gasteiger partial charge in [-0.2, -0.15) is 0 Å². The predicted molar refractivity (Wildman–Crippen MR) is 69.4 cm³/mol. The van der Waals surface area contributed by atoms with E-state index < -0.39 is 4.92 Å². The topological polar surface area (TPSA) is 93.2 Å². The van der Waals surface area contributed by atoms with Gasteiger partial charge in [-0.25, -0.2) is 0 Å². The highest BCUT2D eigenvalue weighted by molar-refractivity contribution is 7.80. The van der Waals surface area contributed by atoms with Gasteiger partial charge in [-0.3, -0.25) is 10.1 Å². The molecule has 0 aliphatic rings. The van der Waals surface area contributed by atoms with Crippen molar-refractivity contribution in [1.82, 2.24) is 5.16 Å². The molecule has 1 aromatic carbocycles. The Morgan fingerprint density at radius 2 is 2.22 bits per heavy atom. The molecule has 0 radical (unpaired) electrons. The average molecular weight is 264 g/mol. The quantitative estimate of drug-likeness (QED) is 0.499. The maximum Gasteiger partial charge on any atom is 0.271 e. The molecule has 0 amide bonds. The number of nitro benzene ring substituents is 1. The monoisotopic (exact) mass is 264 g/mol. The Kier molecular flexibility index (Phi) is 3.49. The number of benzene rings is 1. The molecule has 0 atom stereocenters. The zero-order chi connectivity index (χ0) is 13.0. The first kappa shape index (κ1) is 12.0. The van der Waals surface area contributed by atoms with Crippen molar-refractivity contribution in [3.8, 4) is 0 Å². The first-order chi connectivity index (χ1) is 8.65. The molecule has 18 heavy (non-hydrogen) atoms. The number of nitrogens with one attached hydrogen (secondary N) is 2. The molecule has 0 fully saturated rings. The molecule has 2 rings (SSSR count). The Morgan fingerprint density at radius 1 is 1.39 bits per heavy atom. The van der Waals surface area contributed by atoms with E-state index in [-0.39, 0.29) is 10.8 Å². The van der Waals surface area contributed by atoms with Gasteiger partial charge in [0.1, 0.15) is 6.26 Å². The highest BCUT2D eigenvalue weighted by Crippen LogP contribution is 2.17. The number of thiocarbonyl (C=S) groups is 1. The third-order valence-corrected chi connectivity index (χ3v) is 2.20. The normalized spacial score (nSPS) is 9.78. The van der Waals surface area contributed by atoms with Crippen LogP contribution in [0.3, 0.4) is 0 Å². The first-order valence-corrected chi connectivity index (χ1v) is 5.29. The van der Waals surface area contributed by atoms with E-state index in [1.807, 2.05) is 0 Å². The van der Waals surface area contributed by atoms with Crippen LogP contribution in [0.1, 0.15) is 0 Å². The summed E-state index contributed by atoms with van der Waals surface area (Å²) in [6, 6.07) is 7.63. The highest BCUT2D eigenvalue weighted by atomic mass is 32.1. The summed E-state index contributed by atoms with van der Waals surface area (Å²) in [5.74, 6) is 0.456. The zero-order valence-corrected chi connectivity index (χ0v) is 9.81. The maximum absolute atomic E-state index is 10.6. The fraction of sp³-hybridized carbons (Fsp3) is 0. The largest absolute Gasteiger partial charge is 0.363 e. The zero-order valence-electron chi connectivity index (χ0n) is 8.99. The van der Waals surface area contributed by atoms with Crippen molar-refractivity contribution in [3.05, 3.63) is 46.7 Å². The summed E-state index contributed by atoms with van der Waals surface area (Å²) in [7, 11) is 0. The molecule has 0 saturated heterocycles. The fourth-order valence-electron chi connectivity index (χ4n) is 1.25. The summed E-state index contributed by atoms with van der Waals surface area (Å²) in [5.41, 5.74) is 0.509.